The third kappa shape index (κ3) is 7.42. The predicted octanol–water partition coefficient (Wildman–Crippen LogP) is 4.28. The molecule has 0 aliphatic carbocycles. The van der Waals surface area contributed by atoms with Crippen LogP contribution in [0.1, 0.15) is 22.5 Å². The number of nitrogens with one attached hydrogen (secondary N) is 2. The lowest BCUT2D eigenvalue weighted by atomic mass is 10.0. The molecule has 0 amide bonds. The Balaban J connectivity index is 1.57. The van der Waals surface area contributed by atoms with Gasteiger partial charge in [-0.25, -0.2) is 9.18 Å². The van der Waals surface area contributed by atoms with Crippen molar-refractivity contribution in [3.05, 3.63) is 53.7 Å². The highest BCUT2D eigenvalue weighted by atomic mass is 19.4. The number of likely N-dealkylation sites (tertiary alicyclic amines) is 1. The van der Waals surface area contributed by atoms with Crippen LogP contribution in [-0.2, 0) is 11.3 Å². The van der Waals surface area contributed by atoms with Gasteiger partial charge in [-0.3, -0.25) is 4.90 Å². The Kier molecular flexibility index (Phi) is 9.62. The number of alkyl halides is 4. The summed E-state index contributed by atoms with van der Waals surface area (Å²) in [5.41, 5.74) is 1.87. The van der Waals surface area contributed by atoms with Gasteiger partial charge in [0.05, 0.1) is 55.9 Å². The van der Waals surface area contributed by atoms with Crippen molar-refractivity contribution in [3.8, 4) is 17.6 Å². The average Bonchev–Trinajstić information content (AvgIpc) is 3.28. The van der Waals surface area contributed by atoms with Crippen molar-refractivity contribution in [1.82, 2.24) is 9.47 Å². The molecule has 1 saturated heterocycles. The fourth-order valence-electron chi connectivity index (χ4n) is 4.89. The van der Waals surface area contributed by atoms with Gasteiger partial charge in [-0.1, -0.05) is 12.0 Å². The van der Waals surface area contributed by atoms with Gasteiger partial charge < -0.3 is 29.8 Å². The number of carbonyl (C=O) groups excluding carboxylic acids is 1. The monoisotopic (exact) mass is 576 g/mol. The molecule has 41 heavy (non-hydrogen) atoms. The number of esters is 1. The maximum Gasteiger partial charge on any atom is 0.406 e. The van der Waals surface area contributed by atoms with E-state index in [4.69, 9.17) is 14.6 Å². The summed E-state index contributed by atoms with van der Waals surface area (Å²) in [6, 6.07) is 10.7. The van der Waals surface area contributed by atoms with E-state index >= 15 is 0 Å². The first-order chi connectivity index (χ1) is 19.6. The van der Waals surface area contributed by atoms with Crippen LogP contribution in [0.4, 0.5) is 28.9 Å². The molecule has 1 fully saturated rings. The molecule has 220 valence electrons. The van der Waals surface area contributed by atoms with E-state index in [2.05, 4.69) is 22.5 Å². The summed E-state index contributed by atoms with van der Waals surface area (Å²) < 4.78 is 66.7. The second-order valence-electron chi connectivity index (χ2n) is 9.61. The highest BCUT2D eigenvalue weighted by Gasteiger charge is 2.31. The Morgan fingerprint density at radius 3 is 2.66 bits per heavy atom. The lowest BCUT2D eigenvalue weighted by molar-refractivity contribution is -0.140. The lowest BCUT2D eigenvalue weighted by Crippen LogP contribution is -2.48. The molecule has 3 N–H and O–H groups in total. The number of methoxy groups -OCH3 is 2. The van der Waals surface area contributed by atoms with Crippen molar-refractivity contribution in [2.45, 2.75) is 31.4 Å². The number of benzene rings is 2. The molecule has 1 aromatic heterocycles. The Hall–Kier alpha value is -3.95. The molecule has 0 bridgehead atoms. The van der Waals surface area contributed by atoms with Gasteiger partial charge in [0.25, 0.3) is 0 Å². The summed E-state index contributed by atoms with van der Waals surface area (Å²) in [5, 5.41) is 15.9. The van der Waals surface area contributed by atoms with Crippen LogP contribution >= 0.6 is 0 Å². The standard InChI is InChI=1S/C29H32F4N4O4/c1-40-27-15-19(28(39)41-2)8-9-25(27)34-11-4-5-20-16-21-23(6-3-7-26(21)37(20)18-29(31,32)33)35-24-10-12-36(13-14-38)17-22(24)30/h3,6-9,15-16,22,24,34-35,38H,10-14,17-18H2,1-2H3/t22-,24+/m0/s1. The Bertz CT molecular complexity index is 1430. The molecule has 0 saturated carbocycles. The Morgan fingerprint density at radius 2 is 1.98 bits per heavy atom. The first-order valence-corrected chi connectivity index (χ1v) is 13.1. The third-order valence-electron chi connectivity index (χ3n) is 6.87. The van der Waals surface area contributed by atoms with Crippen LogP contribution in [0.3, 0.4) is 0 Å². The molecule has 3 aromatic rings. The van der Waals surface area contributed by atoms with Crippen LogP contribution in [0, 0.1) is 11.8 Å². The summed E-state index contributed by atoms with van der Waals surface area (Å²) in [6.45, 7) is -0.0300. The quantitative estimate of drug-likeness (QED) is 0.199. The zero-order chi connectivity index (χ0) is 29.6. The largest absolute Gasteiger partial charge is 0.495 e. The molecule has 8 nitrogen and oxygen atoms in total. The molecule has 1 aliphatic rings. The minimum atomic E-state index is -4.48. The summed E-state index contributed by atoms with van der Waals surface area (Å²) in [4.78, 5) is 13.6. The smallest absolute Gasteiger partial charge is 0.406 e. The Morgan fingerprint density at radius 1 is 1.17 bits per heavy atom. The van der Waals surface area contributed by atoms with Crippen molar-refractivity contribution in [3.63, 3.8) is 0 Å². The summed E-state index contributed by atoms with van der Waals surface area (Å²) in [7, 11) is 2.72. The van der Waals surface area contributed by atoms with Crippen LogP contribution in [-0.4, -0.2) is 85.9 Å². The van der Waals surface area contributed by atoms with Crippen LogP contribution in [0.25, 0.3) is 10.9 Å². The van der Waals surface area contributed by atoms with Crippen LogP contribution in [0.15, 0.2) is 42.5 Å². The van der Waals surface area contributed by atoms with Crippen LogP contribution < -0.4 is 15.4 Å². The van der Waals surface area contributed by atoms with Gasteiger partial charge in [0.15, 0.2) is 0 Å². The van der Waals surface area contributed by atoms with E-state index in [1.807, 2.05) is 4.90 Å². The van der Waals surface area contributed by atoms with Gasteiger partial charge in [-0.15, -0.1) is 0 Å². The van der Waals surface area contributed by atoms with Gasteiger partial charge in [0.1, 0.15) is 18.5 Å². The van der Waals surface area contributed by atoms with Gasteiger partial charge in [0.2, 0.25) is 0 Å². The van der Waals surface area contributed by atoms with Crippen LogP contribution in [0.2, 0.25) is 0 Å². The third-order valence-corrected chi connectivity index (χ3v) is 6.87. The number of halogens is 4. The van der Waals surface area contributed by atoms with Crippen LogP contribution in [0.5, 0.6) is 5.75 Å². The SMILES string of the molecule is COC(=O)c1ccc(NCC#Cc2cc3c(N[C@@H]4CCN(CCO)C[C@@H]4F)cccc3n2CC(F)(F)F)c(OC)c1. The van der Waals surface area contributed by atoms with Crippen molar-refractivity contribution < 1.29 is 36.9 Å². The number of aliphatic hydroxyl groups is 1. The average molecular weight is 577 g/mol. The number of ether oxygens (including phenoxy) is 2. The number of rotatable bonds is 9. The normalized spacial score (nSPS) is 17.5. The molecule has 0 unspecified atom stereocenters. The molecule has 12 heteroatoms. The second kappa shape index (κ2) is 13.1. The van der Waals surface area contributed by atoms with Gasteiger partial charge in [-0.2, -0.15) is 13.2 Å². The fraction of sp³-hybridized carbons (Fsp3) is 0.414. The number of β-amino-alcohol motifs (C(OH)–C–C–N with tert-alkyl or cyclic N) is 1. The van der Waals surface area contributed by atoms with Gasteiger partial charge in [0, 0.05) is 30.7 Å². The topological polar surface area (TPSA) is 88.0 Å². The Labute approximate surface area is 235 Å². The summed E-state index contributed by atoms with van der Waals surface area (Å²) in [6.07, 6.45) is -5.20. The minimum Gasteiger partial charge on any atom is -0.495 e. The molecular formula is C29H32F4N4O4. The van der Waals surface area contributed by atoms with Crippen molar-refractivity contribution in [2.75, 3.05) is 57.6 Å². The maximum absolute atomic E-state index is 14.9. The van der Waals surface area contributed by atoms with E-state index in [0.717, 1.165) is 4.57 Å². The summed E-state index contributed by atoms with van der Waals surface area (Å²) >= 11 is 0. The molecule has 2 heterocycles. The van der Waals surface area contributed by atoms with E-state index in [1.54, 1.807) is 36.4 Å². The maximum atomic E-state index is 14.9. The zero-order valence-corrected chi connectivity index (χ0v) is 22.7. The first kappa shape index (κ1) is 30.0. The molecular weight excluding hydrogens is 544 g/mol. The zero-order valence-electron chi connectivity index (χ0n) is 22.7. The van der Waals surface area contributed by atoms with Crippen molar-refractivity contribution >= 4 is 28.2 Å². The number of anilines is 2. The number of nitrogens with zero attached hydrogens (tertiary/aromatic N) is 2. The second-order valence-corrected chi connectivity index (χ2v) is 9.61. The molecule has 0 spiro atoms. The van der Waals surface area contributed by atoms with Crippen molar-refractivity contribution in [2.24, 2.45) is 0 Å². The number of fused-ring (bicyclic) bond motifs is 1. The molecule has 0 radical (unpaired) electrons. The molecule has 4 rings (SSSR count). The van der Waals surface area contributed by atoms with E-state index < -0.39 is 30.9 Å². The van der Waals surface area contributed by atoms with Gasteiger partial charge >= 0.3 is 12.1 Å². The first-order valence-electron chi connectivity index (χ1n) is 13.1. The number of hydrogen-bond acceptors (Lipinski definition) is 7. The summed E-state index contributed by atoms with van der Waals surface area (Å²) in [5.74, 6) is 5.55. The van der Waals surface area contributed by atoms with Crippen molar-refractivity contribution in [1.29, 1.82) is 0 Å². The van der Waals surface area contributed by atoms with E-state index in [0.29, 0.717) is 53.1 Å². The van der Waals surface area contributed by atoms with Gasteiger partial charge in [-0.05, 0) is 48.7 Å². The predicted molar refractivity (Wildman–Crippen MR) is 148 cm³/mol. The highest BCUT2D eigenvalue weighted by Crippen LogP contribution is 2.32. The van der Waals surface area contributed by atoms with E-state index in [-0.39, 0.29) is 25.4 Å². The number of aromatic nitrogens is 1. The highest BCUT2D eigenvalue weighted by molar-refractivity contribution is 5.94. The molecule has 2 atom stereocenters. The number of hydrogen-bond donors (Lipinski definition) is 3. The number of aliphatic hydroxyl groups excluding tert-OH is 1. The van der Waals surface area contributed by atoms with E-state index in [9.17, 15) is 22.4 Å². The number of carbonyl (C=O) groups is 1. The fourth-order valence-corrected chi connectivity index (χ4v) is 4.89. The molecule has 1 aliphatic heterocycles. The molecule has 2 aromatic carbocycles. The number of piperidine rings is 1. The minimum absolute atomic E-state index is 0.0502. The lowest BCUT2D eigenvalue weighted by Gasteiger charge is -2.35. The van der Waals surface area contributed by atoms with E-state index in [1.165, 1.54) is 20.3 Å².